The van der Waals surface area contributed by atoms with Crippen molar-refractivity contribution in [2.45, 2.75) is 25.8 Å². The van der Waals surface area contributed by atoms with E-state index in [9.17, 15) is 10.1 Å². The summed E-state index contributed by atoms with van der Waals surface area (Å²) in [4.78, 5) is 18.6. The van der Waals surface area contributed by atoms with Crippen LogP contribution in [0.4, 0.5) is 17.3 Å². The predicted molar refractivity (Wildman–Crippen MR) is 70.3 cm³/mol. The Kier molecular flexibility index (Phi) is 4.45. The van der Waals surface area contributed by atoms with Gasteiger partial charge in [0.15, 0.2) is 0 Å². The number of hydrogen-bond donors (Lipinski definition) is 2. The van der Waals surface area contributed by atoms with Gasteiger partial charge in [0, 0.05) is 13.2 Å². The molecule has 0 bridgehead atoms. The number of hydrogen-bond acceptors (Lipinski definition) is 7. The summed E-state index contributed by atoms with van der Waals surface area (Å²) in [6, 6.07) is 0.0626. The summed E-state index contributed by atoms with van der Waals surface area (Å²) in [7, 11) is 0. The Labute approximate surface area is 110 Å². The van der Waals surface area contributed by atoms with E-state index < -0.39 is 4.92 Å². The molecule has 0 radical (unpaired) electrons. The highest BCUT2D eigenvalue weighted by Crippen LogP contribution is 2.29. The third-order valence-corrected chi connectivity index (χ3v) is 2.82. The fourth-order valence-electron chi connectivity index (χ4n) is 1.87. The monoisotopic (exact) mass is 267 g/mol. The molecule has 8 nitrogen and oxygen atoms in total. The minimum Gasteiger partial charge on any atom is -0.379 e. The van der Waals surface area contributed by atoms with Crippen LogP contribution in [-0.4, -0.2) is 40.7 Å². The van der Waals surface area contributed by atoms with Gasteiger partial charge < -0.3 is 15.4 Å². The molecule has 1 atom stereocenters. The third kappa shape index (κ3) is 3.28. The van der Waals surface area contributed by atoms with Crippen LogP contribution >= 0.6 is 0 Å². The lowest BCUT2D eigenvalue weighted by molar-refractivity contribution is -0.383. The van der Waals surface area contributed by atoms with Gasteiger partial charge in [0.05, 0.1) is 17.6 Å². The number of nitro groups is 1. The molecule has 1 aromatic heterocycles. The van der Waals surface area contributed by atoms with Crippen LogP contribution in [0, 0.1) is 10.1 Å². The highest BCUT2D eigenvalue weighted by atomic mass is 16.6. The minimum atomic E-state index is -0.462. The molecule has 104 valence electrons. The zero-order valence-electron chi connectivity index (χ0n) is 10.8. The molecule has 0 spiro atoms. The Morgan fingerprint density at radius 1 is 1.53 bits per heavy atom. The Hall–Kier alpha value is -1.96. The highest BCUT2D eigenvalue weighted by Gasteiger charge is 2.25. The maximum Gasteiger partial charge on any atom is 0.353 e. The van der Waals surface area contributed by atoms with Gasteiger partial charge in [-0.05, 0) is 12.8 Å². The van der Waals surface area contributed by atoms with Crippen molar-refractivity contribution < 1.29 is 9.66 Å². The molecule has 0 amide bonds. The second kappa shape index (κ2) is 6.28. The van der Waals surface area contributed by atoms with Crippen LogP contribution in [0.3, 0.4) is 0 Å². The maximum atomic E-state index is 11.2. The normalized spacial score (nSPS) is 18.3. The standard InChI is InChI=1S/C11H17N5O3/c1-2-4-12-10-9(16(17)18)11(14-7-13-10)15-8-3-5-19-6-8/h7-8H,2-6H2,1H3,(H2,12,13,14,15). The van der Waals surface area contributed by atoms with Gasteiger partial charge >= 0.3 is 5.69 Å². The van der Waals surface area contributed by atoms with Crippen LogP contribution in [0.5, 0.6) is 0 Å². The molecule has 1 saturated heterocycles. The van der Waals surface area contributed by atoms with Crippen LogP contribution in [0.2, 0.25) is 0 Å². The Balaban J connectivity index is 2.22. The number of rotatable bonds is 6. The third-order valence-electron chi connectivity index (χ3n) is 2.82. The smallest absolute Gasteiger partial charge is 0.353 e. The minimum absolute atomic E-state index is 0.0626. The highest BCUT2D eigenvalue weighted by molar-refractivity contribution is 5.69. The number of anilines is 2. The van der Waals surface area contributed by atoms with Crippen LogP contribution in [0.1, 0.15) is 19.8 Å². The average Bonchev–Trinajstić information content (AvgIpc) is 2.89. The molecule has 0 aromatic carbocycles. The van der Waals surface area contributed by atoms with E-state index in [0.717, 1.165) is 12.8 Å². The molecule has 1 aliphatic rings. The first kappa shape index (κ1) is 13.5. The fourth-order valence-corrected chi connectivity index (χ4v) is 1.87. The lowest BCUT2D eigenvalue weighted by Crippen LogP contribution is -2.21. The lowest BCUT2D eigenvalue weighted by Gasteiger charge is -2.12. The summed E-state index contributed by atoms with van der Waals surface area (Å²) >= 11 is 0. The first-order valence-electron chi connectivity index (χ1n) is 6.30. The summed E-state index contributed by atoms with van der Waals surface area (Å²) in [5.41, 5.74) is -0.108. The first-order chi connectivity index (χ1) is 9.22. The van der Waals surface area contributed by atoms with Crippen LogP contribution in [0.15, 0.2) is 6.33 Å². The van der Waals surface area contributed by atoms with Crippen LogP contribution in [-0.2, 0) is 4.74 Å². The zero-order valence-corrected chi connectivity index (χ0v) is 10.8. The molecule has 1 aromatic rings. The predicted octanol–water partition coefficient (Wildman–Crippen LogP) is 1.41. The summed E-state index contributed by atoms with van der Waals surface area (Å²) in [5, 5.41) is 17.2. The quantitative estimate of drug-likeness (QED) is 0.593. The molecule has 1 unspecified atom stereocenters. The van der Waals surface area contributed by atoms with Gasteiger partial charge in [0.1, 0.15) is 6.33 Å². The van der Waals surface area contributed by atoms with Crippen molar-refractivity contribution in [3.63, 3.8) is 0 Å². The summed E-state index contributed by atoms with van der Waals surface area (Å²) in [5.74, 6) is 0.498. The Morgan fingerprint density at radius 3 is 2.95 bits per heavy atom. The Morgan fingerprint density at radius 2 is 2.32 bits per heavy atom. The van der Waals surface area contributed by atoms with Crippen molar-refractivity contribution in [2.75, 3.05) is 30.4 Å². The van der Waals surface area contributed by atoms with Crippen molar-refractivity contribution in [1.82, 2.24) is 9.97 Å². The number of ether oxygens (including phenoxy) is 1. The van der Waals surface area contributed by atoms with E-state index in [4.69, 9.17) is 4.74 Å². The van der Waals surface area contributed by atoms with E-state index in [0.29, 0.717) is 19.8 Å². The molecular formula is C11H17N5O3. The second-order valence-electron chi connectivity index (χ2n) is 4.31. The SMILES string of the molecule is CCCNc1ncnc(NC2CCOC2)c1[N+](=O)[O-]. The average molecular weight is 267 g/mol. The topological polar surface area (TPSA) is 102 Å². The largest absolute Gasteiger partial charge is 0.379 e. The molecule has 2 rings (SSSR count). The fraction of sp³-hybridized carbons (Fsp3) is 0.636. The van der Waals surface area contributed by atoms with Gasteiger partial charge in [0.25, 0.3) is 0 Å². The maximum absolute atomic E-state index is 11.2. The summed E-state index contributed by atoms with van der Waals surface area (Å²) in [6.45, 7) is 3.81. The number of nitrogens with one attached hydrogen (secondary N) is 2. The van der Waals surface area contributed by atoms with Gasteiger partial charge in [-0.15, -0.1) is 0 Å². The van der Waals surface area contributed by atoms with Crippen LogP contribution in [0.25, 0.3) is 0 Å². The molecule has 19 heavy (non-hydrogen) atoms. The molecule has 8 heteroatoms. The molecule has 0 aliphatic carbocycles. The first-order valence-corrected chi connectivity index (χ1v) is 6.30. The lowest BCUT2D eigenvalue weighted by atomic mass is 10.2. The van der Waals surface area contributed by atoms with E-state index in [1.54, 1.807) is 0 Å². The van der Waals surface area contributed by atoms with Gasteiger partial charge in [-0.2, -0.15) is 0 Å². The van der Waals surface area contributed by atoms with Gasteiger partial charge in [-0.25, -0.2) is 9.97 Å². The van der Waals surface area contributed by atoms with Crippen molar-refractivity contribution in [3.05, 3.63) is 16.4 Å². The Bertz CT molecular complexity index is 448. The zero-order chi connectivity index (χ0) is 13.7. The molecular weight excluding hydrogens is 250 g/mol. The van der Waals surface area contributed by atoms with E-state index >= 15 is 0 Å². The van der Waals surface area contributed by atoms with Crippen molar-refractivity contribution in [2.24, 2.45) is 0 Å². The van der Waals surface area contributed by atoms with Gasteiger partial charge in [-0.3, -0.25) is 10.1 Å². The van der Waals surface area contributed by atoms with Crippen LogP contribution < -0.4 is 10.6 Å². The summed E-state index contributed by atoms with van der Waals surface area (Å²) < 4.78 is 5.23. The molecule has 1 fully saturated rings. The van der Waals surface area contributed by atoms with Crippen molar-refractivity contribution in [3.8, 4) is 0 Å². The molecule has 1 aliphatic heterocycles. The van der Waals surface area contributed by atoms with Crippen molar-refractivity contribution in [1.29, 1.82) is 0 Å². The molecule has 2 N–H and O–H groups in total. The summed E-state index contributed by atoms with van der Waals surface area (Å²) in [6.07, 6.45) is 3.00. The van der Waals surface area contributed by atoms with E-state index in [2.05, 4.69) is 20.6 Å². The molecule has 2 heterocycles. The van der Waals surface area contributed by atoms with Crippen molar-refractivity contribution >= 4 is 17.3 Å². The van der Waals surface area contributed by atoms with Gasteiger partial charge in [0.2, 0.25) is 11.6 Å². The van der Waals surface area contributed by atoms with Gasteiger partial charge in [-0.1, -0.05) is 6.92 Å². The number of nitrogens with zero attached hydrogens (tertiary/aromatic N) is 3. The van der Waals surface area contributed by atoms with E-state index in [1.807, 2.05) is 6.92 Å². The number of aromatic nitrogens is 2. The van der Waals surface area contributed by atoms with E-state index in [1.165, 1.54) is 6.33 Å². The van der Waals surface area contributed by atoms with E-state index in [-0.39, 0.29) is 23.4 Å². The molecule has 0 saturated carbocycles. The second-order valence-corrected chi connectivity index (χ2v) is 4.31.